The molecule has 2 aliphatic carbocycles. The highest BCUT2D eigenvalue weighted by molar-refractivity contribution is 5.81. The molecule has 3 heteroatoms. The number of nitrogens with two attached hydrogens (primary N) is 1. The lowest BCUT2D eigenvalue weighted by atomic mass is 10.1. The minimum atomic E-state index is -0.0267. The van der Waals surface area contributed by atoms with E-state index in [1.807, 2.05) is 0 Å². The van der Waals surface area contributed by atoms with Crippen molar-refractivity contribution in [3.63, 3.8) is 0 Å². The second-order valence-corrected chi connectivity index (χ2v) is 3.30. The molecule has 2 unspecified atom stereocenters. The van der Waals surface area contributed by atoms with E-state index in [9.17, 15) is 4.79 Å². The summed E-state index contributed by atoms with van der Waals surface area (Å²) in [5.74, 6) is 5.58. The van der Waals surface area contributed by atoms with Gasteiger partial charge in [-0.1, -0.05) is 18.2 Å². The zero-order valence-electron chi connectivity index (χ0n) is 6.79. The molecular formula is C9H12N2O. The van der Waals surface area contributed by atoms with Crippen LogP contribution in [-0.4, -0.2) is 5.91 Å². The summed E-state index contributed by atoms with van der Waals surface area (Å²) in [5.41, 5.74) is 3.50. The Morgan fingerprint density at radius 3 is 3.08 bits per heavy atom. The molecule has 1 fully saturated rings. The van der Waals surface area contributed by atoms with Gasteiger partial charge in [-0.2, -0.15) is 0 Å². The number of allylic oxidation sites excluding steroid dienone is 4. The minimum absolute atomic E-state index is 0.0267. The summed E-state index contributed by atoms with van der Waals surface area (Å²) in [5, 5.41) is 0. The van der Waals surface area contributed by atoms with Crippen molar-refractivity contribution in [3.05, 3.63) is 23.8 Å². The van der Waals surface area contributed by atoms with Crippen LogP contribution in [0.25, 0.3) is 0 Å². The number of carbonyl (C=O) groups is 1. The smallest absolute Gasteiger partial charge is 0.237 e. The second-order valence-electron chi connectivity index (χ2n) is 3.30. The van der Waals surface area contributed by atoms with Crippen LogP contribution < -0.4 is 11.3 Å². The molecule has 1 amide bonds. The van der Waals surface area contributed by atoms with Gasteiger partial charge < -0.3 is 0 Å². The fraction of sp³-hybridized carbons (Fsp3) is 0.444. The zero-order chi connectivity index (χ0) is 8.55. The number of amides is 1. The van der Waals surface area contributed by atoms with Crippen LogP contribution in [0.3, 0.4) is 0 Å². The van der Waals surface area contributed by atoms with Gasteiger partial charge in [0.25, 0.3) is 0 Å². The normalized spacial score (nSPS) is 31.6. The van der Waals surface area contributed by atoms with Crippen molar-refractivity contribution in [3.8, 4) is 0 Å². The van der Waals surface area contributed by atoms with Gasteiger partial charge in [-0.25, -0.2) is 5.84 Å². The molecular weight excluding hydrogens is 152 g/mol. The highest BCUT2D eigenvalue weighted by atomic mass is 16.2. The molecule has 0 saturated heterocycles. The monoisotopic (exact) mass is 164 g/mol. The summed E-state index contributed by atoms with van der Waals surface area (Å²) in [6.45, 7) is 0. The standard InChI is InChI=1S/C9H12N2O/c10-11-9(12)8-5-7(8)6-3-1-2-4-6/h1,3-4,7-8H,2,5,10H2,(H,11,12). The van der Waals surface area contributed by atoms with Crippen LogP contribution in [0.1, 0.15) is 12.8 Å². The Labute approximate surface area is 71.3 Å². The predicted octanol–water partition coefficient (Wildman–Crippen LogP) is 0.499. The van der Waals surface area contributed by atoms with Crippen molar-refractivity contribution >= 4 is 5.91 Å². The van der Waals surface area contributed by atoms with Crippen molar-refractivity contribution in [2.24, 2.45) is 17.7 Å². The Morgan fingerprint density at radius 2 is 2.50 bits per heavy atom. The number of hydrogen-bond donors (Lipinski definition) is 2. The van der Waals surface area contributed by atoms with E-state index in [0.29, 0.717) is 5.92 Å². The van der Waals surface area contributed by atoms with Gasteiger partial charge in [-0.15, -0.1) is 0 Å². The van der Waals surface area contributed by atoms with Crippen molar-refractivity contribution in [1.29, 1.82) is 0 Å². The Morgan fingerprint density at radius 1 is 1.67 bits per heavy atom. The third kappa shape index (κ3) is 1.16. The third-order valence-corrected chi connectivity index (χ3v) is 2.50. The van der Waals surface area contributed by atoms with E-state index >= 15 is 0 Å². The highest BCUT2D eigenvalue weighted by Gasteiger charge is 2.44. The molecule has 2 atom stereocenters. The molecule has 0 aromatic heterocycles. The summed E-state index contributed by atoms with van der Waals surface area (Å²) in [7, 11) is 0. The Hall–Kier alpha value is -1.09. The number of rotatable bonds is 2. The number of hydrogen-bond acceptors (Lipinski definition) is 2. The second kappa shape index (κ2) is 2.75. The first kappa shape index (κ1) is 7.55. The molecule has 12 heavy (non-hydrogen) atoms. The van der Waals surface area contributed by atoms with Gasteiger partial charge in [0.15, 0.2) is 0 Å². The van der Waals surface area contributed by atoms with E-state index in [-0.39, 0.29) is 11.8 Å². The molecule has 0 bridgehead atoms. The van der Waals surface area contributed by atoms with Crippen LogP contribution in [0.5, 0.6) is 0 Å². The Balaban J connectivity index is 1.95. The number of nitrogens with one attached hydrogen (secondary N) is 1. The lowest BCUT2D eigenvalue weighted by molar-refractivity contribution is -0.122. The molecule has 3 N–H and O–H groups in total. The van der Waals surface area contributed by atoms with Crippen molar-refractivity contribution < 1.29 is 4.79 Å². The Bertz CT molecular complexity index is 268. The minimum Gasteiger partial charge on any atom is -0.294 e. The number of hydrazine groups is 1. The van der Waals surface area contributed by atoms with Gasteiger partial charge in [0.05, 0.1) is 0 Å². The first-order valence-corrected chi connectivity index (χ1v) is 4.20. The molecule has 0 aliphatic heterocycles. The SMILES string of the molecule is NNC(=O)C1CC1C1=CCC=C1. The third-order valence-electron chi connectivity index (χ3n) is 2.50. The van der Waals surface area contributed by atoms with Gasteiger partial charge in [0.1, 0.15) is 0 Å². The molecule has 0 radical (unpaired) electrons. The van der Waals surface area contributed by atoms with E-state index in [1.54, 1.807) is 0 Å². The molecule has 0 heterocycles. The zero-order valence-corrected chi connectivity index (χ0v) is 6.79. The van der Waals surface area contributed by atoms with Crippen LogP contribution in [0.2, 0.25) is 0 Å². The van der Waals surface area contributed by atoms with E-state index in [0.717, 1.165) is 12.8 Å². The highest BCUT2D eigenvalue weighted by Crippen LogP contribution is 2.45. The van der Waals surface area contributed by atoms with E-state index in [1.165, 1.54) is 5.57 Å². The molecule has 2 rings (SSSR count). The summed E-state index contributed by atoms with van der Waals surface area (Å²) >= 11 is 0. The molecule has 64 valence electrons. The van der Waals surface area contributed by atoms with Crippen LogP contribution in [0.4, 0.5) is 0 Å². The maximum atomic E-state index is 11.1. The Kier molecular flexibility index (Phi) is 1.73. The van der Waals surface area contributed by atoms with Crippen LogP contribution in [0, 0.1) is 11.8 Å². The van der Waals surface area contributed by atoms with Gasteiger partial charge in [-0.3, -0.25) is 10.2 Å². The molecule has 1 saturated carbocycles. The van der Waals surface area contributed by atoms with E-state index in [2.05, 4.69) is 23.7 Å². The summed E-state index contributed by atoms with van der Waals surface area (Å²) in [6, 6.07) is 0. The molecule has 0 aromatic carbocycles. The van der Waals surface area contributed by atoms with Gasteiger partial charge >= 0.3 is 0 Å². The topological polar surface area (TPSA) is 55.1 Å². The van der Waals surface area contributed by atoms with Crippen LogP contribution in [0.15, 0.2) is 23.8 Å². The quantitative estimate of drug-likeness (QED) is 0.355. The summed E-state index contributed by atoms with van der Waals surface area (Å²) in [6.07, 6.45) is 8.37. The number of carbonyl (C=O) groups excluding carboxylic acids is 1. The molecule has 2 aliphatic rings. The maximum absolute atomic E-state index is 11.1. The van der Waals surface area contributed by atoms with Crippen molar-refractivity contribution in [2.75, 3.05) is 0 Å². The van der Waals surface area contributed by atoms with Crippen LogP contribution >= 0.6 is 0 Å². The first-order valence-electron chi connectivity index (χ1n) is 4.20. The molecule has 0 aromatic rings. The van der Waals surface area contributed by atoms with Gasteiger partial charge in [0, 0.05) is 5.92 Å². The summed E-state index contributed by atoms with van der Waals surface area (Å²) < 4.78 is 0. The van der Waals surface area contributed by atoms with E-state index < -0.39 is 0 Å². The molecule has 0 spiro atoms. The average molecular weight is 164 g/mol. The average Bonchev–Trinajstić information content (AvgIpc) is 2.71. The van der Waals surface area contributed by atoms with E-state index in [4.69, 9.17) is 5.84 Å². The van der Waals surface area contributed by atoms with Gasteiger partial charge in [0.2, 0.25) is 5.91 Å². The predicted molar refractivity (Wildman–Crippen MR) is 45.8 cm³/mol. The largest absolute Gasteiger partial charge is 0.294 e. The van der Waals surface area contributed by atoms with Crippen LogP contribution in [-0.2, 0) is 4.79 Å². The lowest BCUT2D eigenvalue weighted by Gasteiger charge is -1.97. The van der Waals surface area contributed by atoms with Gasteiger partial charge in [-0.05, 0) is 24.3 Å². The van der Waals surface area contributed by atoms with Crippen molar-refractivity contribution in [1.82, 2.24) is 5.43 Å². The fourth-order valence-corrected chi connectivity index (χ4v) is 1.71. The maximum Gasteiger partial charge on any atom is 0.237 e. The molecule has 3 nitrogen and oxygen atoms in total. The van der Waals surface area contributed by atoms with Crippen molar-refractivity contribution in [2.45, 2.75) is 12.8 Å². The fourth-order valence-electron chi connectivity index (χ4n) is 1.71. The lowest BCUT2D eigenvalue weighted by Crippen LogP contribution is -2.31. The summed E-state index contributed by atoms with van der Waals surface area (Å²) in [4.78, 5) is 11.1. The first-order chi connectivity index (χ1) is 5.83.